The van der Waals surface area contributed by atoms with Crippen LogP contribution in [0.5, 0.6) is 5.75 Å². The first kappa shape index (κ1) is 14.1. The number of anilines is 1. The van der Waals surface area contributed by atoms with Crippen molar-refractivity contribution in [3.05, 3.63) is 70.2 Å². The highest BCUT2D eigenvalue weighted by molar-refractivity contribution is 6.35. The first-order valence-corrected chi connectivity index (χ1v) is 7.29. The quantitative estimate of drug-likeness (QED) is 0.671. The van der Waals surface area contributed by atoms with Gasteiger partial charge in [0.25, 0.3) is 0 Å². The maximum Gasteiger partial charge on any atom is 0.139 e. The van der Waals surface area contributed by atoms with Gasteiger partial charge in [0.05, 0.1) is 5.02 Å². The van der Waals surface area contributed by atoms with Crippen LogP contribution in [0.4, 0.5) is 5.69 Å². The summed E-state index contributed by atoms with van der Waals surface area (Å²) in [5.41, 5.74) is 1.67. The van der Waals surface area contributed by atoms with E-state index in [9.17, 15) is 5.11 Å². The smallest absolute Gasteiger partial charge is 0.139 e. The molecular weight excluding hydrogens is 305 g/mol. The van der Waals surface area contributed by atoms with Crippen LogP contribution >= 0.6 is 23.2 Å². The second-order valence-electron chi connectivity index (χ2n) is 4.78. The highest BCUT2D eigenvalue weighted by atomic mass is 35.5. The van der Waals surface area contributed by atoms with Gasteiger partial charge in [-0.2, -0.15) is 0 Å². The zero-order valence-corrected chi connectivity index (χ0v) is 12.6. The van der Waals surface area contributed by atoms with Crippen molar-refractivity contribution in [1.29, 1.82) is 0 Å². The van der Waals surface area contributed by atoms with E-state index in [1.54, 1.807) is 6.07 Å². The van der Waals surface area contributed by atoms with Crippen LogP contribution in [0.1, 0.15) is 5.56 Å². The van der Waals surface area contributed by atoms with Gasteiger partial charge < -0.3 is 10.4 Å². The minimum Gasteiger partial charge on any atom is -0.506 e. The Bertz CT molecular complexity index is 797. The molecule has 0 radical (unpaired) electrons. The Morgan fingerprint density at radius 2 is 1.71 bits per heavy atom. The van der Waals surface area contributed by atoms with Gasteiger partial charge in [0.15, 0.2) is 0 Å². The van der Waals surface area contributed by atoms with Gasteiger partial charge in [-0.25, -0.2) is 0 Å². The summed E-state index contributed by atoms with van der Waals surface area (Å²) in [6.45, 7) is 0.445. The third-order valence-corrected chi connectivity index (χ3v) is 3.87. The topological polar surface area (TPSA) is 32.3 Å². The number of halogens is 2. The van der Waals surface area contributed by atoms with Crippen LogP contribution in [-0.2, 0) is 6.54 Å². The SMILES string of the molecule is Oc1c(Cl)cc(Cl)cc1CNc1cccc2ccccc12. The lowest BCUT2D eigenvalue weighted by Crippen LogP contribution is -2.00. The van der Waals surface area contributed by atoms with E-state index in [0.29, 0.717) is 17.1 Å². The fraction of sp³-hybridized carbons (Fsp3) is 0.0588. The molecule has 0 aliphatic rings. The average Bonchev–Trinajstić information content (AvgIpc) is 2.49. The van der Waals surface area contributed by atoms with Gasteiger partial charge in [0, 0.05) is 28.2 Å². The Morgan fingerprint density at radius 3 is 2.57 bits per heavy atom. The van der Waals surface area contributed by atoms with Crippen molar-refractivity contribution in [2.24, 2.45) is 0 Å². The summed E-state index contributed by atoms with van der Waals surface area (Å²) in [5, 5.41) is 16.4. The Morgan fingerprint density at radius 1 is 0.952 bits per heavy atom. The molecule has 0 saturated carbocycles. The van der Waals surface area contributed by atoms with Gasteiger partial charge in [-0.1, -0.05) is 59.6 Å². The summed E-state index contributed by atoms with van der Waals surface area (Å²) in [7, 11) is 0. The molecule has 3 rings (SSSR count). The molecule has 0 bridgehead atoms. The average molecular weight is 318 g/mol. The fourth-order valence-electron chi connectivity index (χ4n) is 2.32. The molecule has 0 fully saturated rings. The molecule has 21 heavy (non-hydrogen) atoms. The van der Waals surface area contributed by atoms with Crippen LogP contribution in [0.3, 0.4) is 0 Å². The number of fused-ring (bicyclic) bond motifs is 1. The molecule has 0 amide bonds. The Kier molecular flexibility index (Phi) is 3.91. The minimum absolute atomic E-state index is 0.0637. The molecule has 0 aliphatic heterocycles. The number of hydrogen-bond donors (Lipinski definition) is 2. The van der Waals surface area contributed by atoms with Gasteiger partial charge in [-0.05, 0) is 23.6 Å². The second-order valence-corrected chi connectivity index (χ2v) is 5.62. The Hall–Kier alpha value is -1.90. The molecule has 3 aromatic carbocycles. The molecular formula is C17H13Cl2NO. The van der Waals surface area contributed by atoms with Crippen molar-refractivity contribution in [2.45, 2.75) is 6.54 Å². The molecule has 0 spiro atoms. The van der Waals surface area contributed by atoms with Gasteiger partial charge in [0.2, 0.25) is 0 Å². The summed E-state index contributed by atoms with van der Waals surface area (Å²) >= 11 is 11.9. The number of nitrogens with one attached hydrogen (secondary N) is 1. The monoisotopic (exact) mass is 317 g/mol. The lowest BCUT2D eigenvalue weighted by Gasteiger charge is -2.12. The van der Waals surface area contributed by atoms with Gasteiger partial charge >= 0.3 is 0 Å². The first-order valence-electron chi connectivity index (χ1n) is 6.53. The molecule has 2 N–H and O–H groups in total. The Balaban J connectivity index is 1.91. The second kappa shape index (κ2) is 5.84. The maximum atomic E-state index is 9.98. The first-order chi connectivity index (χ1) is 10.1. The molecule has 2 nitrogen and oxygen atoms in total. The van der Waals surface area contributed by atoms with E-state index in [2.05, 4.69) is 23.5 Å². The van der Waals surface area contributed by atoms with Crippen LogP contribution in [0.2, 0.25) is 10.0 Å². The third kappa shape index (κ3) is 2.92. The van der Waals surface area contributed by atoms with Gasteiger partial charge in [-0.15, -0.1) is 0 Å². The summed E-state index contributed by atoms with van der Waals surface area (Å²) in [5.74, 6) is 0.0637. The molecule has 0 aliphatic carbocycles. The highest BCUT2D eigenvalue weighted by Gasteiger charge is 2.08. The number of hydrogen-bond acceptors (Lipinski definition) is 2. The van der Waals surface area contributed by atoms with E-state index in [1.807, 2.05) is 24.3 Å². The predicted octanol–water partition coefficient (Wildman–Crippen LogP) is 5.46. The van der Waals surface area contributed by atoms with Crippen LogP contribution in [0.15, 0.2) is 54.6 Å². The van der Waals surface area contributed by atoms with E-state index >= 15 is 0 Å². The molecule has 0 heterocycles. The lowest BCUT2D eigenvalue weighted by molar-refractivity contribution is 0.469. The van der Waals surface area contributed by atoms with Crippen molar-refractivity contribution >= 4 is 39.7 Å². The highest BCUT2D eigenvalue weighted by Crippen LogP contribution is 2.32. The summed E-state index contributed by atoms with van der Waals surface area (Å²) < 4.78 is 0. The van der Waals surface area contributed by atoms with Crippen LogP contribution < -0.4 is 5.32 Å². The number of rotatable bonds is 3. The van der Waals surface area contributed by atoms with E-state index in [0.717, 1.165) is 16.5 Å². The van der Waals surface area contributed by atoms with Crippen molar-refractivity contribution in [2.75, 3.05) is 5.32 Å². The molecule has 3 aromatic rings. The summed E-state index contributed by atoms with van der Waals surface area (Å²) in [6.07, 6.45) is 0. The standard InChI is InChI=1S/C17H13Cl2NO/c18-13-8-12(17(21)15(19)9-13)10-20-16-7-3-5-11-4-1-2-6-14(11)16/h1-9,20-21H,10H2. The van der Waals surface area contributed by atoms with Crippen molar-refractivity contribution in [3.63, 3.8) is 0 Å². The Labute approximate surface area is 132 Å². The van der Waals surface area contributed by atoms with Crippen molar-refractivity contribution in [1.82, 2.24) is 0 Å². The summed E-state index contributed by atoms with van der Waals surface area (Å²) in [6, 6.07) is 17.4. The molecule has 0 saturated heterocycles. The molecule has 0 atom stereocenters. The zero-order valence-electron chi connectivity index (χ0n) is 11.1. The number of benzene rings is 3. The minimum atomic E-state index is 0.0637. The molecule has 4 heteroatoms. The van der Waals surface area contributed by atoms with E-state index in [4.69, 9.17) is 23.2 Å². The van der Waals surface area contributed by atoms with Crippen LogP contribution in [-0.4, -0.2) is 5.11 Å². The maximum absolute atomic E-state index is 9.98. The van der Waals surface area contributed by atoms with Crippen molar-refractivity contribution < 1.29 is 5.11 Å². The zero-order chi connectivity index (χ0) is 14.8. The van der Waals surface area contributed by atoms with Crippen LogP contribution in [0, 0.1) is 0 Å². The number of aromatic hydroxyl groups is 1. The van der Waals surface area contributed by atoms with E-state index in [1.165, 1.54) is 6.07 Å². The van der Waals surface area contributed by atoms with E-state index in [-0.39, 0.29) is 10.8 Å². The molecule has 0 unspecified atom stereocenters. The fourth-order valence-corrected chi connectivity index (χ4v) is 2.86. The van der Waals surface area contributed by atoms with Gasteiger partial charge in [0.1, 0.15) is 5.75 Å². The molecule has 106 valence electrons. The molecule has 0 aromatic heterocycles. The van der Waals surface area contributed by atoms with Gasteiger partial charge in [-0.3, -0.25) is 0 Å². The summed E-state index contributed by atoms with van der Waals surface area (Å²) in [4.78, 5) is 0. The van der Waals surface area contributed by atoms with E-state index < -0.39 is 0 Å². The van der Waals surface area contributed by atoms with Crippen molar-refractivity contribution in [3.8, 4) is 5.75 Å². The number of phenolic OH excluding ortho intramolecular Hbond substituents is 1. The number of phenols is 1. The normalized spacial score (nSPS) is 10.8. The lowest BCUT2D eigenvalue weighted by atomic mass is 10.1. The predicted molar refractivity (Wildman–Crippen MR) is 89.4 cm³/mol. The third-order valence-electron chi connectivity index (χ3n) is 3.37. The largest absolute Gasteiger partial charge is 0.506 e. The van der Waals surface area contributed by atoms with Crippen LogP contribution in [0.25, 0.3) is 10.8 Å².